The second-order valence-corrected chi connectivity index (χ2v) is 5.99. The van der Waals surface area contributed by atoms with Crippen LogP contribution >= 0.6 is 18.1 Å². The Labute approximate surface area is 104 Å². The van der Waals surface area contributed by atoms with Crippen molar-refractivity contribution in [2.45, 2.75) is 13.0 Å². The van der Waals surface area contributed by atoms with E-state index in [4.69, 9.17) is 15.8 Å². The van der Waals surface area contributed by atoms with Gasteiger partial charge in [-0.25, -0.2) is 9.65 Å². The predicted molar refractivity (Wildman–Crippen MR) is 65.1 cm³/mol. The highest BCUT2D eigenvalue weighted by Crippen LogP contribution is 2.48. The van der Waals surface area contributed by atoms with Crippen LogP contribution in [0.2, 0.25) is 0 Å². The molecule has 0 saturated heterocycles. The zero-order chi connectivity index (χ0) is 12.9. The Morgan fingerprint density at radius 3 is 2.53 bits per heavy atom. The van der Waals surface area contributed by atoms with Gasteiger partial charge in [0.1, 0.15) is 11.8 Å². The van der Waals surface area contributed by atoms with Gasteiger partial charge in [0.25, 0.3) is 0 Å². The van der Waals surface area contributed by atoms with E-state index >= 15 is 0 Å². The van der Waals surface area contributed by atoms with Crippen LogP contribution < -0.4 is 9.61 Å². The summed E-state index contributed by atoms with van der Waals surface area (Å²) in [5.41, 5.74) is 0. The minimum Gasteiger partial charge on any atom is -0.468 e. The minimum absolute atomic E-state index is 0.357. The maximum absolute atomic E-state index is 11.8. The molecule has 2 atom stereocenters. The fourth-order valence-electron chi connectivity index (χ4n) is 1.10. The summed E-state index contributed by atoms with van der Waals surface area (Å²) in [7, 11) is 1.23. The van der Waals surface area contributed by atoms with Gasteiger partial charge in [-0.15, -0.1) is 0 Å². The highest BCUT2D eigenvalue weighted by molar-refractivity contribution is 7.84. The first-order chi connectivity index (χ1) is 7.94. The van der Waals surface area contributed by atoms with Crippen molar-refractivity contribution in [2.24, 2.45) is 0 Å². The summed E-state index contributed by atoms with van der Waals surface area (Å²) in [6.07, 6.45) is 0. The SMILES string of the molecule is COC(=O)[C@H](C)N[P@@](=O)(Cl)Oc1ccccc1. The van der Waals surface area contributed by atoms with Crippen molar-refractivity contribution in [1.29, 1.82) is 0 Å². The van der Waals surface area contributed by atoms with Crippen LogP contribution in [0.25, 0.3) is 0 Å². The van der Waals surface area contributed by atoms with E-state index in [-0.39, 0.29) is 0 Å². The number of rotatable bonds is 5. The van der Waals surface area contributed by atoms with Crippen LogP contribution in [-0.2, 0) is 14.1 Å². The molecule has 1 aromatic rings. The summed E-state index contributed by atoms with van der Waals surface area (Å²) in [6.45, 7) is -2.13. The van der Waals surface area contributed by atoms with Crippen LogP contribution in [0.15, 0.2) is 30.3 Å². The maximum atomic E-state index is 11.8. The third-order valence-electron chi connectivity index (χ3n) is 1.87. The molecule has 94 valence electrons. The number of hydrogen-bond donors (Lipinski definition) is 1. The molecule has 0 aliphatic carbocycles. The molecule has 0 spiro atoms. The van der Waals surface area contributed by atoms with Crippen LogP contribution in [0.1, 0.15) is 6.92 Å². The highest BCUT2D eigenvalue weighted by atomic mass is 35.7. The molecule has 0 unspecified atom stereocenters. The molecular weight excluding hydrogens is 265 g/mol. The molecule has 0 radical (unpaired) electrons. The van der Waals surface area contributed by atoms with Crippen molar-refractivity contribution in [3.8, 4) is 5.75 Å². The third kappa shape index (κ3) is 4.77. The molecule has 0 saturated carbocycles. The van der Waals surface area contributed by atoms with Gasteiger partial charge in [-0.2, -0.15) is 0 Å². The summed E-state index contributed by atoms with van der Waals surface area (Å²) in [4.78, 5) is 11.1. The lowest BCUT2D eigenvalue weighted by Gasteiger charge is -2.17. The van der Waals surface area contributed by atoms with E-state index in [2.05, 4.69) is 9.82 Å². The Kier molecular flexibility index (Phi) is 5.00. The van der Waals surface area contributed by atoms with E-state index in [1.54, 1.807) is 30.3 Å². The summed E-state index contributed by atoms with van der Waals surface area (Å²) in [5.74, 6) is -0.210. The number of carbonyl (C=O) groups is 1. The summed E-state index contributed by atoms with van der Waals surface area (Å²) in [6, 6.07) is 7.63. The van der Waals surface area contributed by atoms with Crippen molar-refractivity contribution in [3.05, 3.63) is 30.3 Å². The van der Waals surface area contributed by atoms with Crippen LogP contribution in [0.3, 0.4) is 0 Å². The van der Waals surface area contributed by atoms with Gasteiger partial charge in [0.15, 0.2) is 0 Å². The monoisotopic (exact) mass is 277 g/mol. The number of carbonyl (C=O) groups excluding carboxylic acids is 1. The lowest BCUT2D eigenvalue weighted by Crippen LogP contribution is -2.32. The summed E-state index contributed by atoms with van der Waals surface area (Å²) < 4.78 is 21.4. The molecule has 0 aliphatic heterocycles. The Morgan fingerprint density at radius 2 is 2.00 bits per heavy atom. The largest absolute Gasteiger partial charge is 0.468 e. The van der Waals surface area contributed by atoms with Crippen LogP contribution in [0.4, 0.5) is 0 Å². The van der Waals surface area contributed by atoms with Crippen molar-refractivity contribution in [3.63, 3.8) is 0 Å². The van der Waals surface area contributed by atoms with E-state index in [0.717, 1.165) is 0 Å². The van der Waals surface area contributed by atoms with Gasteiger partial charge in [0.2, 0.25) is 0 Å². The summed E-state index contributed by atoms with van der Waals surface area (Å²) >= 11 is 5.68. The van der Waals surface area contributed by atoms with Crippen molar-refractivity contribution >= 4 is 24.1 Å². The average molecular weight is 278 g/mol. The molecule has 7 heteroatoms. The van der Waals surface area contributed by atoms with E-state index < -0.39 is 18.9 Å². The number of nitrogens with one attached hydrogen (secondary N) is 1. The number of methoxy groups -OCH3 is 1. The smallest absolute Gasteiger partial charge is 0.409 e. The predicted octanol–water partition coefficient (Wildman–Crippen LogP) is 2.56. The molecule has 1 aromatic carbocycles. The first-order valence-corrected chi connectivity index (χ1v) is 7.37. The van der Waals surface area contributed by atoms with Crippen LogP contribution in [0.5, 0.6) is 5.75 Å². The second-order valence-electron chi connectivity index (χ2n) is 3.26. The van der Waals surface area contributed by atoms with E-state index in [1.165, 1.54) is 14.0 Å². The average Bonchev–Trinajstić information content (AvgIpc) is 2.27. The van der Waals surface area contributed by atoms with Gasteiger partial charge in [0.05, 0.1) is 7.11 Å². The molecule has 0 aromatic heterocycles. The topological polar surface area (TPSA) is 64.6 Å². The molecule has 1 N–H and O–H groups in total. The molecule has 1 rings (SSSR count). The van der Waals surface area contributed by atoms with Gasteiger partial charge in [0, 0.05) is 11.2 Å². The van der Waals surface area contributed by atoms with Crippen molar-refractivity contribution in [1.82, 2.24) is 5.09 Å². The molecule has 0 aliphatic rings. The molecular formula is C10H13ClNO4P. The standard InChI is InChI=1S/C10H13ClNO4P/c1-8(10(13)15-2)12-17(11,14)16-9-6-4-3-5-7-9/h3-8H,1-2H3,(H,12,14)/t8-,17+/m0/s1. The quantitative estimate of drug-likeness (QED) is 0.662. The normalized spacial score (nSPS) is 15.7. The van der Waals surface area contributed by atoms with Crippen molar-refractivity contribution in [2.75, 3.05) is 7.11 Å². The molecule has 17 heavy (non-hydrogen) atoms. The molecule has 5 nitrogen and oxygen atoms in total. The van der Waals surface area contributed by atoms with Gasteiger partial charge in [-0.1, -0.05) is 18.2 Å². The van der Waals surface area contributed by atoms with Gasteiger partial charge in [-0.05, 0) is 19.1 Å². The van der Waals surface area contributed by atoms with Crippen LogP contribution in [0, 0.1) is 0 Å². The molecule has 0 heterocycles. The Bertz CT molecular complexity index is 426. The zero-order valence-corrected chi connectivity index (χ0v) is 11.1. The minimum atomic E-state index is -3.62. The zero-order valence-electron chi connectivity index (χ0n) is 9.42. The fourth-order valence-corrected chi connectivity index (χ4v) is 2.80. The first-order valence-electron chi connectivity index (χ1n) is 4.84. The van der Waals surface area contributed by atoms with Gasteiger partial charge < -0.3 is 9.26 Å². The Hall–Kier alpha value is -1.03. The van der Waals surface area contributed by atoms with E-state index in [1.807, 2.05) is 0 Å². The number of benzene rings is 1. The highest BCUT2D eigenvalue weighted by Gasteiger charge is 2.27. The van der Waals surface area contributed by atoms with Gasteiger partial charge in [-0.3, -0.25) is 4.79 Å². The summed E-state index contributed by atoms with van der Waals surface area (Å²) in [5, 5.41) is 2.38. The molecule has 0 amide bonds. The number of hydrogen-bond acceptors (Lipinski definition) is 4. The molecule has 0 bridgehead atoms. The van der Waals surface area contributed by atoms with E-state index in [0.29, 0.717) is 5.75 Å². The van der Waals surface area contributed by atoms with Crippen molar-refractivity contribution < 1.29 is 18.6 Å². The lowest BCUT2D eigenvalue weighted by atomic mass is 10.3. The molecule has 0 fully saturated rings. The lowest BCUT2D eigenvalue weighted by molar-refractivity contribution is -0.142. The maximum Gasteiger partial charge on any atom is 0.409 e. The number of ether oxygens (including phenoxy) is 1. The number of para-hydroxylation sites is 1. The Balaban J connectivity index is 2.63. The first kappa shape index (κ1) is 14.0. The van der Waals surface area contributed by atoms with Crippen LogP contribution in [-0.4, -0.2) is 19.1 Å². The second kappa shape index (κ2) is 6.05. The third-order valence-corrected chi connectivity index (χ3v) is 3.51. The number of esters is 1. The Morgan fingerprint density at radius 1 is 1.41 bits per heavy atom. The number of halogens is 1. The van der Waals surface area contributed by atoms with E-state index in [9.17, 15) is 9.36 Å². The fraction of sp³-hybridized carbons (Fsp3) is 0.300. The van der Waals surface area contributed by atoms with Gasteiger partial charge >= 0.3 is 12.8 Å².